The van der Waals surface area contributed by atoms with Crippen molar-refractivity contribution in [3.63, 3.8) is 0 Å². The fourth-order valence-corrected chi connectivity index (χ4v) is 1.29. The lowest BCUT2D eigenvalue weighted by Crippen LogP contribution is -2.22. The second kappa shape index (κ2) is 4.63. The van der Waals surface area contributed by atoms with Crippen molar-refractivity contribution in [1.29, 1.82) is 0 Å². The van der Waals surface area contributed by atoms with E-state index >= 15 is 0 Å². The first kappa shape index (κ1) is 10.5. The molecule has 13 heavy (non-hydrogen) atoms. The molecule has 0 spiro atoms. The molecule has 0 unspecified atom stereocenters. The molecule has 0 aliphatic carbocycles. The monoisotopic (exact) mass is 308 g/mol. The molecule has 0 saturated heterocycles. The molecule has 0 aromatic carbocycles. The minimum absolute atomic E-state index is 0.150. The van der Waals surface area contributed by atoms with Crippen molar-refractivity contribution in [2.45, 2.75) is 13.5 Å². The molecule has 0 bridgehead atoms. The fourth-order valence-electron chi connectivity index (χ4n) is 0.721. The van der Waals surface area contributed by atoms with Crippen molar-refractivity contribution >= 4 is 34.2 Å². The molecule has 1 aromatic heterocycles. The Kier molecular flexibility index (Phi) is 3.75. The Hall–Kier alpha value is -0.540. The summed E-state index contributed by atoms with van der Waals surface area (Å²) in [6.07, 6.45) is 1.40. The molecule has 0 aliphatic rings. The van der Waals surface area contributed by atoms with E-state index in [9.17, 15) is 4.79 Å². The van der Waals surface area contributed by atoms with Gasteiger partial charge in [0.15, 0.2) is 0 Å². The van der Waals surface area contributed by atoms with Gasteiger partial charge in [-0.2, -0.15) is 0 Å². The van der Waals surface area contributed by atoms with Gasteiger partial charge >= 0.3 is 0 Å². The summed E-state index contributed by atoms with van der Waals surface area (Å²) in [5.41, 5.74) is -0.150. The normalized spacial score (nSPS) is 9.15. The molecular weight excluding hydrogens is 302 g/mol. The Labute approximate surface area is 94.3 Å². The highest BCUT2D eigenvalue weighted by Crippen LogP contribution is 2.08. The summed E-state index contributed by atoms with van der Waals surface area (Å²) < 4.78 is 1.85. The van der Waals surface area contributed by atoms with Gasteiger partial charge in [-0.25, -0.2) is 4.98 Å². The van der Waals surface area contributed by atoms with E-state index in [0.717, 1.165) is 0 Å². The smallest absolute Gasteiger partial charge is 0.269 e. The van der Waals surface area contributed by atoms with Gasteiger partial charge in [-0.15, -0.1) is 5.92 Å². The summed E-state index contributed by atoms with van der Waals surface area (Å²) in [6.45, 7) is 2.08. The summed E-state index contributed by atoms with van der Waals surface area (Å²) in [7, 11) is 0. The number of halogens is 2. The number of nitrogens with zero attached hydrogens (tertiary/aromatic N) is 2. The zero-order valence-electron chi connectivity index (χ0n) is 6.84. The van der Waals surface area contributed by atoms with Gasteiger partial charge in [-0.3, -0.25) is 9.36 Å². The van der Waals surface area contributed by atoms with Crippen molar-refractivity contribution in [1.82, 2.24) is 9.55 Å². The molecule has 68 valence electrons. The van der Waals surface area contributed by atoms with Crippen LogP contribution in [0.15, 0.2) is 11.1 Å². The molecule has 0 aliphatic heterocycles. The van der Waals surface area contributed by atoms with E-state index in [1.54, 1.807) is 6.92 Å². The zero-order chi connectivity index (χ0) is 9.84. The topological polar surface area (TPSA) is 34.9 Å². The van der Waals surface area contributed by atoms with Gasteiger partial charge in [0.2, 0.25) is 0 Å². The van der Waals surface area contributed by atoms with Gasteiger partial charge in [-0.1, -0.05) is 17.5 Å². The number of rotatable bonds is 1. The van der Waals surface area contributed by atoms with E-state index in [-0.39, 0.29) is 10.7 Å². The van der Waals surface area contributed by atoms with E-state index < -0.39 is 0 Å². The summed E-state index contributed by atoms with van der Waals surface area (Å²) >= 11 is 7.52. The third-order valence-electron chi connectivity index (χ3n) is 1.37. The molecule has 0 radical (unpaired) electrons. The van der Waals surface area contributed by atoms with Gasteiger partial charge in [0.25, 0.3) is 5.56 Å². The van der Waals surface area contributed by atoms with Crippen LogP contribution in [0.3, 0.4) is 0 Å². The quantitative estimate of drug-likeness (QED) is 0.448. The highest BCUT2D eigenvalue weighted by molar-refractivity contribution is 14.1. The molecule has 1 aromatic rings. The zero-order valence-corrected chi connectivity index (χ0v) is 9.76. The molecule has 0 amide bonds. The summed E-state index contributed by atoms with van der Waals surface area (Å²) in [4.78, 5) is 15.3. The van der Waals surface area contributed by atoms with Crippen LogP contribution in [0.25, 0.3) is 0 Å². The first-order valence-corrected chi connectivity index (χ1v) is 4.92. The molecule has 0 fully saturated rings. The van der Waals surface area contributed by atoms with Crippen LogP contribution in [0.5, 0.6) is 0 Å². The average Bonchev–Trinajstić information content (AvgIpc) is 2.13. The van der Waals surface area contributed by atoms with Crippen LogP contribution in [0.1, 0.15) is 6.92 Å². The molecule has 0 saturated carbocycles. The predicted octanol–water partition coefficient (Wildman–Crippen LogP) is 1.52. The van der Waals surface area contributed by atoms with E-state index in [1.165, 1.54) is 10.9 Å². The van der Waals surface area contributed by atoms with Crippen LogP contribution in [-0.4, -0.2) is 9.55 Å². The van der Waals surface area contributed by atoms with Crippen molar-refractivity contribution < 1.29 is 0 Å². The first-order chi connectivity index (χ1) is 6.16. The molecule has 0 atom stereocenters. The maximum absolute atomic E-state index is 11.5. The highest BCUT2D eigenvalue weighted by atomic mass is 127. The van der Waals surface area contributed by atoms with Gasteiger partial charge in [-0.05, 0) is 29.5 Å². The maximum atomic E-state index is 11.5. The number of hydrogen-bond acceptors (Lipinski definition) is 2. The van der Waals surface area contributed by atoms with Crippen molar-refractivity contribution in [2.24, 2.45) is 0 Å². The lowest BCUT2D eigenvalue weighted by atomic mass is 10.5. The fraction of sp³-hybridized carbons (Fsp3) is 0.250. The Morgan fingerprint density at radius 3 is 3.08 bits per heavy atom. The lowest BCUT2D eigenvalue weighted by Gasteiger charge is -2.00. The van der Waals surface area contributed by atoms with Crippen LogP contribution in [0.2, 0.25) is 5.15 Å². The molecular formula is C8H6ClIN2O. The van der Waals surface area contributed by atoms with E-state index in [2.05, 4.69) is 16.8 Å². The minimum Gasteiger partial charge on any atom is -0.286 e. The Morgan fingerprint density at radius 2 is 2.46 bits per heavy atom. The Balaban J connectivity index is 3.16. The van der Waals surface area contributed by atoms with Crippen LogP contribution in [0.4, 0.5) is 0 Å². The van der Waals surface area contributed by atoms with Gasteiger partial charge < -0.3 is 0 Å². The predicted molar refractivity (Wildman–Crippen MR) is 59.7 cm³/mol. The largest absolute Gasteiger partial charge is 0.286 e. The van der Waals surface area contributed by atoms with Crippen LogP contribution in [0, 0.1) is 15.4 Å². The molecule has 0 N–H and O–H groups in total. The second-order valence-corrected chi connectivity index (χ2v) is 3.65. The molecule has 5 heteroatoms. The third kappa shape index (κ3) is 2.45. The van der Waals surface area contributed by atoms with Gasteiger partial charge in [0.1, 0.15) is 15.1 Å². The van der Waals surface area contributed by atoms with Crippen molar-refractivity contribution in [3.8, 4) is 11.8 Å². The molecule has 1 rings (SSSR count). The third-order valence-corrected chi connectivity index (χ3v) is 2.94. The molecule has 1 heterocycles. The Morgan fingerprint density at radius 1 is 1.77 bits per heavy atom. The second-order valence-electron chi connectivity index (χ2n) is 2.21. The van der Waals surface area contributed by atoms with E-state index in [4.69, 9.17) is 11.6 Å². The SMILES string of the molecule is CC#CCn1cnc(Cl)c(I)c1=O. The lowest BCUT2D eigenvalue weighted by molar-refractivity contribution is 0.761. The van der Waals surface area contributed by atoms with E-state index in [1.807, 2.05) is 22.6 Å². The summed E-state index contributed by atoms with van der Waals surface area (Å²) in [6, 6.07) is 0. The number of aromatic nitrogens is 2. The van der Waals surface area contributed by atoms with Crippen molar-refractivity contribution in [2.75, 3.05) is 0 Å². The average molecular weight is 309 g/mol. The minimum atomic E-state index is -0.150. The highest BCUT2D eigenvalue weighted by Gasteiger charge is 2.04. The van der Waals surface area contributed by atoms with Crippen LogP contribution < -0.4 is 5.56 Å². The summed E-state index contributed by atoms with van der Waals surface area (Å²) in [5, 5.41) is 0.242. The van der Waals surface area contributed by atoms with Crippen molar-refractivity contribution in [3.05, 3.63) is 25.4 Å². The van der Waals surface area contributed by atoms with Crippen LogP contribution >= 0.6 is 34.2 Å². The number of hydrogen-bond donors (Lipinski definition) is 0. The standard InChI is InChI=1S/C8H6ClIN2O/c1-2-3-4-12-5-11-7(9)6(10)8(12)13/h5H,4H2,1H3. The van der Waals surface area contributed by atoms with Gasteiger partial charge in [0.05, 0.1) is 6.54 Å². The summed E-state index contributed by atoms with van der Waals surface area (Å²) in [5.74, 6) is 5.48. The first-order valence-electron chi connectivity index (χ1n) is 3.47. The maximum Gasteiger partial charge on any atom is 0.269 e. The van der Waals surface area contributed by atoms with Crippen LogP contribution in [-0.2, 0) is 6.54 Å². The van der Waals surface area contributed by atoms with Gasteiger partial charge in [0, 0.05) is 0 Å². The Bertz CT molecular complexity index is 430. The van der Waals surface area contributed by atoms with E-state index in [0.29, 0.717) is 10.1 Å². The molecule has 3 nitrogen and oxygen atoms in total.